The second kappa shape index (κ2) is 12.9. The van der Waals surface area contributed by atoms with Crippen LogP contribution in [0.4, 0.5) is 20.6 Å². The average Bonchev–Trinajstić information content (AvgIpc) is 3.42. The molecule has 1 atom stereocenters. The normalized spacial score (nSPS) is 18.2. The molecule has 0 saturated carbocycles. The van der Waals surface area contributed by atoms with Gasteiger partial charge in [0.2, 0.25) is 0 Å². The molecule has 0 aromatic heterocycles. The standard InChI is InChI=1S/C32H46FN3O7SSi/c1-20(2)45(21(3)4,22(5)6)42-19-24-15-25-26(36(24)31(38)43-32(7,8)9)16-27(41-18-23-13-11-10-12-14-23)30(29(25)33)35-17-28(37)34-44(35,39)40/h10-14,16,20-22,24H,15,17-19H2,1-9H3,(H,34,37)/t24-/m1/s1. The molecule has 10 nitrogen and oxygen atoms in total. The third-order valence-electron chi connectivity index (χ3n) is 8.48. The Kier molecular flexibility index (Phi) is 9.96. The van der Waals surface area contributed by atoms with Gasteiger partial charge >= 0.3 is 16.3 Å². The molecule has 1 N–H and O–H groups in total. The summed E-state index contributed by atoms with van der Waals surface area (Å²) in [5.41, 5.74) is 0.715. The van der Waals surface area contributed by atoms with Crippen molar-refractivity contribution in [3.63, 3.8) is 0 Å². The van der Waals surface area contributed by atoms with Crippen molar-refractivity contribution in [1.82, 2.24) is 4.72 Å². The van der Waals surface area contributed by atoms with E-state index in [1.807, 2.05) is 35.1 Å². The van der Waals surface area contributed by atoms with Crippen molar-refractivity contribution in [2.24, 2.45) is 0 Å². The third-order valence-corrected chi connectivity index (χ3v) is 15.9. The van der Waals surface area contributed by atoms with Crippen LogP contribution in [0.2, 0.25) is 16.6 Å². The number of carbonyl (C=O) groups is 2. The summed E-state index contributed by atoms with van der Waals surface area (Å²) in [6.07, 6.45) is -0.618. The summed E-state index contributed by atoms with van der Waals surface area (Å²) >= 11 is 0. The minimum atomic E-state index is -4.37. The van der Waals surface area contributed by atoms with Gasteiger partial charge in [-0.05, 0) is 43.0 Å². The van der Waals surface area contributed by atoms with Crippen LogP contribution in [-0.2, 0) is 37.2 Å². The summed E-state index contributed by atoms with van der Waals surface area (Å²) < 4.78 is 63.9. The quantitative estimate of drug-likeness (QED) is 0.291. The summed E-state index contributed by atoms with van der Waals surface area (Å²) in [6, 6.07) is 9.96. The molecule has 2 aromatic carbocycles. The maximum Gasteiger partial charge on any atom is 0.415 e. The maximum absolute atomic E-state index is 16.8. The number of carbonyl (C=O) groups excluding carboxylic acids is 2. The van der Waals surface area contributed by atoms with Crippen LogP contribution in [0, 0.1) is 5.82 Å². The molecule has 0 spiro atoms. The minimum Gasteiger partial charge on any atom is -0.487 e. The van der Waals surface area contributed by atoms with E-state index in [9.17, 15) is 18.0 Å². The van der Waals surface area contributed by atoms with E-state index in [1.165, 1.54) is 11.0 Å². The number of anilines is 2. The van der Waals surface area contributed by atoms with E-state index in [0.717, 1.165) is 5.56 Å². The zero-order chi connectivity index (χ0) is 33.5. The Morgan fingerprint density at radius 1 is 1.07 bits per heavy atom. The molecule has 2 aliphatic heterocycles. The van der Waals surface area contributed by atoms with Crippen molar-refractivity contribution in [3.05, 3.63) is 53.3 Å². The Balaban J connectivity index is 1.84. The molecule has 2 aliphatic rings. The molecule has 0 bridgehead atoms. The second-order valence-corrected chi connectivity index (χ2v) is 20.7. The number of benzene rings is 2. The molecule has 0 radical (unpaired) electrons. The molecule has 0 aliphatic carbocycles. The van der Waals surface area contributed by atoms with Crippen LogP contribution in [0.3, 0.4) is 0 Å². The number of nitrogens with one attached hydrogen (secondary N) is 1. The fourth-order valence-electron chi connectivity index (χ4n) is 6.73. The predicted octanol–water partition coefficient (Wildman–Crippen LogP) is 6.44. The highest BCUT2D eigenvalue weighted by atomic mass is 32.2. The zero-order valence-electron chi connectivity index (χ0n) is 27.6. The maximum atomic E-state index is 16.8. The Labute approximate surface area is 267 Å². The number of ether oxygens (including phenoxy) is 2. The number of fused-ring (bicyclic) bond motifs is 1. The van der Waals surface area contributed by atoms with E-state index >= 15 is 4.39 Å². The Hall–Kier alpha value is -3.16. The van der Waals surface area contributed by atoms with Crippen LogP contribution in [0.1, 0.15) is 73.4 Å². The number of hydrogen-bond donors (Lipinski definition) is 1. The first-order valence-electron chi connectivity index (χ1n) is 15.4. The number of amides is 2. The van der Waals surface area contributed by atoms with Crippen molar-refractivity contribution in [2.75, 3.05) is 22.4 Å². The SMILES string of the molecule is CC(C)[Si](OC[C@H]1Cc2c(cc(OCc3ccccc3)c(N3CC(=O)NS3(=O)=O)c2F)N1C(=O)OC(C)(C)C)(C(C)C)C(C)C. The van der Waals surface area contributed by atoms with E-state index < -0.39 is 54.5 Å². The number of rotatable bonds is 10. The van der Waals surface area contributed by atoms with Gasteiger partial charge in [-0.3, -0.25) is 9.69 Å². The van der Waals surface area contributed by atoms with Gasteiger partial charge in [0, 0.05) is 18.1 Å². The van der Waals surface area contributed by atoms with Crippen molar-refractivity contribution in [1.29, 1.82) is 0 Å². The largest absolute Gasteiger partial charge is 0.487 e. The smallest absolute Gasteiger partial charge is 0.415 e. The van der Waals surface area contributed by atoms with Crippen LogP contribution in [-0.4, -0.2) is 53.5 Å². The molecule has 4 rings (SSSR count). The van der Waals surface area contributed by atoms with E-state index in [4.69, 9.17) is 13.9 Å². The monoisotopic (exact) mass is 663 g/mol. The lowest BCUT2D eigenvalue weighted by Gasteiger charge is -2.43. The van der Waals surface area contributed by atoms with Crippen LogP contribution in [0.5, 0.6) is 5.75 Å². The van der Waals surface area contributed by atoms with E-state index in [0.29, 0.717) is 4.31 Å². The molecule has 1 fully saturated rings. The van der Waals surface area contributed by atoms with Crippen molar-refractivity contribution in [2.45, 2.75) is 104 Å². The fraction of sp³-hybridized carbons (Fsp3) is 0.562. The molecule has 0 unspecified atom stereocenters. The van der Waals surface area contributed by atoms with Crippen molar-refractivity contribution < 1.29 is 36.3 Å². The molecule has 2 amide bonds. The highest BCUT2D eigenvalue weighted by Crippen LogP contribution is 2.47. The third kappa shape index (κ3) is 7.00. The van der Waals surface area contributed by atoms with Gasteiger partial charge < -0.3 is 13.9 Å². The summed E-state index contributed by atoms with van der Waals surface area (Å²) in [6.45, 7) is 17.8. The lowest BCUT2D eigenvalue weighted by molar-refractivity contribution is -0.117. The molecule has 13 heteroatoms. The van der Waals surface area contributed by atoms with Crippen LogP contribution < -0.4 is 18.7 Å². The van der Waals surface area contributed by atoms with Gasteiger partial charge in [-0.1, -0.05) is 71.9 Å². The molecular weight excluding hydrogens is 618 g/mol. The fourth-order valence-corrected chi connectivity index (χ4v) is 13.4. The Morgan fingerprint density at radius 2 is 1.67 bits per heavy atom. The topological polar surface area (TPSA) is 114 Å². The molecule has 2 aromatic rings. The second-order valence-electron chi connectivity index (χ2n) is 13.7. The molecule has 45 heavy (non-hydrogen) atoms. The van der Waals surface area contributed by atoms with Crippen LogP contribution >= 0.6 is 0 Å². The van der Waals surface area contributed by atoms with Gasteiger partial charge in [0.1, 0.15) is 30.2 Å². The first-order valence-corrected chi connectivity index (χ1v) is 19.0. The lowest BCUT2D eigenvalue weighted by atomic mass is 10.1. The first kappa shape index (κ1) is 34.7. The minimum absolute atomic E-state index is 0.00834. The highest BCUT2D eigenvalue weighted by molar-refractivity contribution is 7.92. The van der Waals surface area contributed by atoms with E-state index in [2.05, 4.69) is 41.5 Å². The lowest BCUT2D eigenvalue weighted by Crippen LogP contribution is -2.51. The zero-order valence-corrected chi connectivity index (χ0v) is 29.5. The molecule has 248 valence electrons. The number of hydrogen-bond acceptors (Lipinski definition) is 7. The first-order chi connectivity index (χ1) is 20.9. The number of nitrogens with zero attached hydrogens (tertiary/aromatic N) is 2. The van der Waals surface area contributed by atoms with Crippen molar-refractivity contribution >= 4 is 41.9 Å². The Morgan fingerprint density at radius 3 is 2.18 bits per heavy atom. The summed E-state index contributed by atoms with van der Waals surface area (Å²) in [7, 11) is -6.74. The van der Waals surface area contributed by atoms with Gasteiger partial charge in [0.15, 0.2) is 14.1 Å². The van der Waals surface area contributed by atoms with E-state index in [1.54, 1.807) is 20.8 Å². The van der Waals surface area contributed by atoms with Crippen LogP contribution in [0.25, 0.3) is 0 Å². The van der Waals surface area contributed by atoms with Crippen molar-refractivity contribution in [3.8, 4) is 5.75 Å². The van der Waals surface area contributed by atoms with Gasteiger partial charge in [0.25, 0.3) is 5.91 Å². The molecule has 2 heterocycles. The van der Waals surface area contributed by atoms with Gasteiger partial charge in [0.05, 0.1) is 18.3 Å². The van der Waals surface area contributed by atoms with E-state index in [-0.39, 0.29) is 58.9 Å². The molecule has 1 saturated heterocycles. The van der Waals surface area contributed by atoms with Crippen LogP contribution in [0.15, 0.2) is 36.4 Å². The predicted molar refractivity (Wildman–Crippen MR) is 175 cm³/mol. The van der Waals surface area contributed by atoms with Gasteiger partial charge in [-0.2, -0.15) is 8.42 Å². The van der Waals surface area contributed by atoms with Gasteiger partial charge in [-0.15, -0.1) is 0 Å². The molecular formula is C32H46FN3O7SSi. The summed E-state index contributed by atoms with van der Waals surface area (Å²) in [5.74, 6) is -1.80. The highest BCUT2D eigenvalue weighted by Gasteiger charge is 2.48. The Bertz CT molecular complexity index is 1510. The number of halogens is 1. The summed E-state index contributed by atoms with van der Waals surface area (Å²) in [5, 5.41) is 0. The average molecular weight is 664 g/mol. The summed E-state index contributed by atoms with van der Waals surface area (Å²) in [4.78, 5) is 27.4. The van der Waals surface area contributed by atoms with Gasteiger partial charge in [-0.25, -0.2) is 18.2 Å².